The molecule has 0 saturated carbocycles. The Balaban J connectivity index is 1.48. The van der Waals surface area contributed by atoms with Gasteiger partial charge in [0.1, 0.15) is 18.1 Å². The van der Waals surface area contributed by atoms with Crippen LogP contribution in [0.15, 0.2) is 59.1 Å². The summed E-state index contributed by atoms with van der Waals surface area (Å²) >= 11 is 0. The number of benzene rings is 2. The van der Waals surface area contributed by atoms with Crippen LogP contribution in [0.4, 0.5) is 0 Å². The Kier molecular flexibility index (Phi) is 6.31. The van der Waals surface area contributed by atoms with E-state index in [0.717, 1.165) is 39.7 Å². The van der Waals surface area contributed by atoms with Crippen molar-refractivity contribution in [1.82, 2.24) is 19.8 Å². The second-order valence-electron chi connectivity index (χ2n) is 8.18. The number of rotatable bonds is 7. The zero-order valence-corrected chi connectivity index (χ0v) is 19.6. The van der Waals surface area contributed by atoms with Crippen LogP contribution < -0.4 is 4.74 Å². The minimum absolute atomic E-state index is 0.0796. The van der Waals surface area contributed by atoms with Crippen LogP contribution in [0.2, 0.25) is 0 Å². The summed E-state index contributed by atoms with van der Waals surface area (Å²) in [6.45, 7) is 8.55. The highest BCUT2D eigenvalue weighted by molar-refractivity contribution is 5.94. The SMILES string of the molecule is Cc1noc(C)c1COc1cccc(C(=O)N(C)Cc2c(C)nn(-c3ccccc3)c2C)c1. The molecule has 4 rings (SSSR count). The van der Waals surface area contributed by atoms with Crippen LogP contribution >= 0.6 is 0 Å². The highest BCUT2D eigenvalue weighted by atomic mass is 16.5. The molecule has 33 heavy (non-hydrogen) atoms. The average Bonchev–Trinajstić information content (AvgIpc) is 3.30. The first-order valence-corrected chi connectivity index (χ1v) is 10.9. The van der Waals surface area contributed by atoms with Crippen molar-refractivity contribution in [3.63, 3.8) is 0 Å². The summed E-state index contributed by atoms with van der Waals surface area (Å²) < 4.78 is 13.0. The lowest BCUT2D eigenvalue weighted by Gasteiger charge is -2.18. The van der Waals surface area contributed by atoms with E-state index in [2.05, 4.69) is 10.3 Å². The second-order valence-corrected chi connectivity index (χ2v) is 8.18. The van der Waals surface area contributed by atoms with Crippen LogP contribution in [0, 0.1) is 27.7 Å². The van der Waals surface area contributed by atoms with Gasteiger partial charge in [0, 0.05) is 30.4 Å². The Morgan fingerprint density at radius 1 is 1.00 bits per heavy atom. The third-order valence-corrected chi connectivity index (χ3v) is 5.83. The van der Waals surface area contributed by atoms with Crippen molar-refractivity contribution in [1.29, 1.82) is 0 Å². The van der Waals surface area contributed by atoms with E-state index in [-0.39, 0.29) is 5.91 Å². The molecule has 170 valence electrons. The predicted molar refractivity (Wildman–Crippen MR) is 126 cm³/mol. The minimum Gasteiger partial charge on any atom is -0.489 e. The first-order chi connectivity index (χ1) is 15.8. The van der Waals surface area contributed by atoms with E-state index in [0.29, 0.717) is 24.5 Å². The average molecular weight is 445 g/mol. The van der Waals surface area contributed by atoms with Gasteiger partial charge >= 0.3 is 0 Å². The van der Waals surface area contributed by atoms with E-state index in [1.165, 1.54) is 0 Å². The molecule has 2 aromatic heterocycles. The Morgan fingerprint density at radius 3 is 2.45 bits per heavy atom. The quantitative estimate of drug-likeness (QED) is 0.403. The van der Waals surface area contributed by atoms with Gasteiger partial charge in [-0.05, 0) is 58.0 Å². The zero-order chi connectivity index (χ0) is 23.5. The minimum atomic E-state index is -0.0796. The predicted octanol–water partition coefficient (Wildman–Crippen LogP) is 4.95. The summed E-state index contributed by atoms with van der Waals surface area (Å²) in [6, 6.07) is 17.2. The van der Waals surface area contributed by atoms with Crippen molar-refractivity contribution >= 4 is 5.91 Å². The van der Waals surface area contributed by atoms with Gasteiger partial charge in [-0.1, -0.05) is 29.4 Å². The lowest BCUT2D eigenvalue weighted by Crippen LogP contribution is -2.26. The number of hydrogen-bond acceptors (Lipinski definition) is 5. The van der Waals surface area contributed by atoms with E-state index in [9.17, 15) is 4.79 Å². The van der Waals surface area contributed by atoms with E-state index in [1.807, 2.05) is 74.8 Å². The fourth-order valence-electron chi connectivity index (χ4n) is 3.84. The number of aryl methyl sites for hydroxylation is 3. The van der Waals surface area contributed by atoms with Gasteiger partial charge in [0.05, 0.1) is 22.6 Å². The number of para-hydroxylation sites is 1. The molecule has 0 saturated heterocycles. The van der Waals surface area contributed by atoms with Crippen molar-refractivity contribution in [2.45, 2.75) is 40.8 Å². The molecule has 0 fully saturated rings. The second kappa shape index (κ2) is 9.32. The van der Waals surface area contributed by atoms with Crippen molar-refractivity contribution in [2.24, 2.45) is 0 Å². The molecule has 4 aromatic rings. The van der Waals surface area contributed by atoms with Gasteiger partial charge in [-0.3, -0.25) is 4.79 Å². The standard InChI is InChI=1S/C26H28N4O3/c1-17-24(19(3)30(27-17)22-11-7-6-8-12-22)15-29(5)26(31)21-10-9-13-23(14-21)32-16-25-18(2)28-33-20(25)4/h6-14H,15-16H2,1-5H3. The summed E-state index contributed by atoms with van der Waals surface area (Å²) in [5.41, 5.74) is 6.27. The van der Waals surface area contributed by atoms with E-state index >= 15 is 0 Å². The first kappa shape index (κ1) is 22.3. The van der Waals surface area contributed by atoms with Gasteiger partial charge in [0.25, 0.3) is 5.91 Å². The maximum atomic E-state index is 13.2. The van der Waals surface area contributed by atoms with Crippen molar-refractivity contribution in [2.75, 3.05) is 7.05 Å². The van der Waals surface area contributed by atoms with Crippen LogP contribution in [-0.2, 0) is 13.2 Å². The third kappa shape index (κ3) is 4.67. The molecule has 7 nitrogen and oxygen atoms in total. The molecule has 0 spiro atoms. The largest absolute Gasteiger partial charge is 0.489 e. The molecule has 0 N–H and O–H groups in total. The molecule has 7 heteroatoms. The maximum Gasteiger partial charge on any atom is 0.254 e. The van der Waals surface area contributed by atoms with Crippen LogP contribution in [0.1, 0.15) is 44.3 Å². The number of nitrogens with zero attached hydrogens (tertiary/aromatic N) is 4. The Morgan fingerprint density at radius 2 is 1.76 bits per heavy atom. The summed E-state index contributed by atoms with van der Waals surface area (Å²) in [7, 11) is 1.80. The molecule has 1 amide bonds. The number of carbonyl (C=O) groups is 1. The number of ether oxygens (including phenoxy) is 1. The molecule has 2 aromatic carbocycles. The Bertz CT molecular complexity index is 1250. The summed E-state index contributed by atoms with van der Waals surface area (Å²) in [4.78, 5) is 14.9. The van der Waals surface area contributed by atoms with Crippen LogP contribution in [0.25, 0.3) is 5.69 Å². The fraction of sp³-hybridized carbons (Fsp3) is 0.269. The molecule has 0 atom stereocenters. The molecule has 0 bridgehead atoms. The first-order valence-electron chi connectivity index (χ1n) is 10.9. The normalized spacial score (nSPS) is 10.9. The van der Waals surface area contributed by atoms with Gasteiger partial charge in [0.2, 0.25) is 0 Å². The van der Waals surface area contributed by atoms with Crippen molar-refractivity contribution < 1.29 is 14.1 Å². The molecule has 0 radical (unpaired) electrons. The molecule has 0 aliphatic carbocycles. The molecular formula is C26H28N4O3. The van der Waals surface area contributed by atoms with Gasteiger partial charge in [-0.25, -0.2) is 4.68 Å². The fourth-order valence-corrected chi connectivity index (χ4v) is 3.84. The van der Waals surface area contributed by atoms with Gasteiger partial charge in [-0.15, -0.1) is 0 Å². The topological polar surface area (TPSA) is 73.4 Å². The van der Waals surface area contributed by atoms with Gasteiger partial charge in [0.15, 0.2) is 0 Å². The van der Waals surface area contributed by atoms with Gasteiger partial charge < -0.3 is 14.2 Å². The van der Waals surface area contributed by atoms with Crippen LogP contribution in [0.5, 0.6) is 5.75 Å². The van der Waals surface area contributed by atoms with Crippen molar-refractivity contribution in [3.8, 4) is 11.4 Å². The molecule has 2 heterocycles. The Hall–Kier alpha value is -3.87. The smallest absolute Gasteiger partial charge is 0.254 e. The lowest BCUT2D eigenvalue weighted by molar-refractivity contribution is 0.0784. The third-order valence-electron chi connectivity index (χ3n) is 5.83. The monoisotopic (exact) mass is 444 g/mol. The highest BCUT2D eigenvalue weighted by Gasteiger charge is 2.19. The molecule has 0 aliphatic heterocycles. The summed E-state index contributed by atoms with van der Waals surface area (Å²) in [5, 5.41) is 8.64. The number of hydrogen-bond donors (Lipinski definition) is 0. The van der Waals surface area contributed by atoms with Crippen LogP contribution in [0.3, 0.4) is 0 Å². The molecule has 0 aliphatic rings. The van der Waals surface area contributed by atoms with E-state index < -0.39 is 0 Å². The zero-order valence-electron chi connectivity index (χ0n) is 19.6. The van der Waals surface area contributed by atoms with E-state index in [4.69, 9.17) is 9.26 Å². The number of amides is 1. The highest BCUT2D eigenvalue weighted by Crippen LogP contribution is 2.22. The van der Waals surface area contributed by atoms with Gasteiger partial charge in [-0.2, -0.15) is 5.10 Å². The lowest BCUT2D eigenvalue weighted by atomic mass is 10.1. The summed E-state index contributed by atoms with van der Waals surface area (Å²) in [5.74, 6) is 1.28. The van der Waals surface area contributed by atoms with Crippen molar-refractivity contribution in [3.05, 3.63) is 94.1 Å². The number of carbonyl (C=O) groups excluding carboxylic acids is 1. The van der Waals surface area contributed by atoms with E-state index in [1.54, 1.807) is 24.1 Å². The Labute approximate surface area is 193 Å². The maximum absolute atomic E-state index is 13.2. The molecular weight excluding hydrogens is 416 g/mol. The number of aromatic nitrogens is 3. The van der Waals surface area contributed by atoms with Crippen LogP contribution in [-0.4, -0.2) is 32.8 Å². The summed E-state index contributed by atoms with van der Waals surface area (Å²) in [6.07, 6.45) is 0. The molecule has 0 unspecified atom stereocenters.